The fourth-order valence-electron chi connectivity index (χ4n) is 2.40. The van der Waals surface area contributed by atoms with Gasteiger partial charge in [-0.2, -0.15) is 4.98 Å². The average Bonchev–Trinajstić information content (AvgIpc) is 2.70. The second kappa shape index (κ2) is 8.17. The van der Waals surface area contributed by atoms with Gasteiger partial charge in [0.1, 0.15) is 18.0 Å². The van der Waals surface area contributed by atoms with Crippen molar-refractivity contribution in [1.82, 2.24) is 19.9 Å². The van der Waals surface area contributed by atoms with E-state index >= 15 is 0 Å². The zero-order valence-corrected chi connectivity index (χ0v) is 15.5. The summed E-state index contributed by atoms with van der Waals surface area (Å²) >= 11 is 0. The lowest BCUT2D eigenvalue weighted by Gasteiger charge is -2.16. The fourth-order valence-corrected chi connectivity index (χ4v) is 2.40. The van der Waals surface area contributed by atoms with Crippen LogP contribution in [0.25, 0.3) is 0 Å². The van der Waals surface area contributed by atoms with Crippen LogP contribution in [-0.2, 0) is 0 Å². The molecule has 0 bridgehead atoms. The Kier molecular flexibility index (Phi) is 5.50. The second-order valence-electron chi connectivity index (χ2n) is 5.48. The lowest BCUT2D eigenvalue weighted by atomic mass is 10.2. The fraction of sp³-hybridized carbons (Fsp3) is 0.222. The summed E-state index contributed by atoms with van der Waals surface area (Å²) in [5.74, 6) is 3.27. The van der Waals surface area contributed by atoms with Gasteiger partial charge < -0.3 is 24.8 Å². The Morgan fingerprint density at radius 2 is 1.67 bits per heavy atom. The summed E-state index contributed by atoms with van der Waals surface area (Å²) in [6.45, 7) is 1.91. The quantitative estimate of drug-likeness (QED) is 0.651. The number of nitrogens with one attached hydrogen (secondary N) is 2. The highest BCUT2D eigenvalue weighted by Crippen LogP contribution is 2.40. The number of aryl methyl sites for hydroxylation is 1. The number of hydrogen-bond acceptors (Lipinski definition) is 9. The lowest BCUT2D eigenvalue weighted by molar-refractivity contribution is 0.324. The summed E-state index contributed by atoms with van der Waals surface area (Å²) in [6, 6.07) is 5.34. The summed E-state index contributed by atoms with van der Waals surface area (Å²) in [6.07, 6.45) is 4.81. The normalized spacial score (nSPS) is 10.2. The van der Waals surface area contributed by atoms with Gasteiger partial charge in [0.2, 0.25) is 11.7 Å². The molecule has 2 aromatic heterocycles. The number of aromatic nitrogens is 4. The SMILES string of the molecule is COc1cc(Nc2nc(Nc3ccncn3)ncc2C)cc(OC)c1OC. The number of benzene rings is 1. The second-order valence-corrected chi connectivity index (χ2v) is 5.48. The Labute approximate surface area is 156 Å². The molecular weight excluding hydrogens is 348 g/mol. The van der Waals surface area contributed by atoms with Crippen molar-refractivity contribution < 1.29 is 14.2 Å². The number of ether oxygens (including phenoxy) is 3. The molecule has 0 spiro atoms. The molecule has 140 valence electrons. The van der Waals surface area contributed by atoms with Crippen molar-refractivity contribution in [2.45, 2.75) is 6.92 Å². The maximum atomic E-state index is 5.39. The van der Waals surface area contributed by atoms with Crippen molar-refractivity contribution in [3.05, 3.63) is 42.5 Å². The van der Waals surface area contributed by atoms with Crippen LogP contribution in [0.4, 0.5) is 23.3 Å². The van der Waals surface area contributed by atoms with Crippen LogP contribution >= 0.6 is 0 Å². The highest BCUT2D eigenvalue weighted by molar-refractivity contribution is 5.68. The highest BCUT2D eigenvalue weighted by Gasteiger charge is 2.14. The summed E-state index contributed by atoms with van der Waals surface area (Å²) in [5, 5.41) is 6.30. The van der Waals surface area contributed by atoms with E-state index in [9.17, 15) is 0 Å². The molecule has 0 radical (unpaired) electrons. The molecule has 3 rings (SSSR count). The van der Waals surface area contributed by atoms with E-state index in [1.165, 1.54) is 6.33 Å². The number of rotatable bonds is 7. The van der Waals surface area contributed by atoms with Gasteiger partial charge in [-0.15, -0.1) is 0 Å². The van der Waals surface area contributed by atoms with Crippen molar-refractivity contribution in [2.75, 3.05) is 32.0 Å². The minimum absolute atomic E-state index is 0.411. The van der Waals surface area contributed by atoms with Gasteiger partial charge >= 0.3 is 0 Å². The third-order valence-corrected chi connectivity index (χ3v) is 3.72. The van der Waals surface area contributed by atoms with E-state index < -0.39 is 0 Å². The molecule has 0 aliphatic heterocycles. The Bertz CT molecular complexity index is 895. The Balaban J connectivity index is 1.90. The summed E-state index contributed by atoms with van der Waals surface area (Å²) in [7, 11) is 4.70. The Morgan fingerprint density at radius 3 is 2.26 bits per heavy atom. The van der Waals surface area contributed by atoms with E-state index in [1.54, 1.807) is 51.9 Å². The molecule has 0 aliphatic rings. The standard InChI is InChI=1S/C18H20N6O3/c1-11-9-20-18(23-15-5-6-19-10-21-15)24-17(11)22-12-7-13(25-2)16(27-4)14(8-12)26-3/h5-10H,1-4H3,(H2,19,20,21,22,23,24). The smallest absolute Gasteiger partial charge is 0.230 e. The molecular formula is C18H20N6O3. The zero-order chi connectivity index (χ0) is 19.2. The van der Waals surface area contributed by atoms with Crippen LogP contribution in [0.3, 0.4) is 0 Å². The van der Waals surface area contributed by atoms with Gasteiger partial charge in [-0.05, 0) is 13.0 Å². The largest absolute Gasteiger partial charge is 0.493 e. The van der Waals surface area contributed by atoms with Crippen LogP contribution < -0.4 is 24.8 Å². The van der Waals surface area contributed by atoms with Gasteiger partial charge in [0.25, 0.3) is 0 Å². The lowest BCUT2D eigenvalue weighted by Crippen LogP contribution is -2.04. The number of methoxy groups -OCH3 is 3. The van der Waals surface area contributed by atoms with E-state index in [0.717, 1.165) is 11.3 Å². The first-order valence-electron chi connectivity index (χ1n) is 8.08. The molecule has 0 saturated carbocycles. The predicted molar refractivity (Wildman–Crippen MR) is 101 cm³/mol. The van der Waals surface area contributed by atoms with E-state index in [0.29, 0.717) is 34.8 Å². The van der Waals surface area contributed by atoms with Gasteiger partial charge in [-0.25, -0.2) is 15.0 Å². The van der Waals surface area contributed by atoms with E-state index in [1.807, 2.05) is 6.92 Å². The van der Waals surface area contributed by atoms with E-state index in [-0.39, 0.29) is 0 Å². The molecule has 0 amide bonds. The highest BCUT2D eigenvalue weighted by atomic mass is 16.5. The van der Waals surface area contributed by atoms with Crippen LogP contribution in [0, 0.1) is 6.92 Å². The third kappa shape index (κ3) is 4.14. The molecule has 9 nitrogen and oxygen atoms in total. The first kappa shape index (κ1) is 18.2. The predicted octanol–water partition coefficient (Wildman–Crippen LogP) is 3.09. The van der Waals surface area contributed by atoms with Crippen LogP contribution in [0.15, 0.2) is 36.9 Å². The Morgan fingerprint density at radius 1 is 0.926 bits per heavy atom. The van der Waals surface area contributed by atoms with Crippen molar-refractivity contribution in [3.63, 3.8) is 0 Å². The molecule has 2 N–H and O–H groups in total. The third-order valence-electron chi connectivity index (χ3n) is 3.72. The number of anilines is 4. The summed E-state index contributed by atoms with van der Waals surface area (Å²) in [5.41, 5.74) is 1.61. The van der Waals surface area contributed by atoms with Gasteiger partial charge in [-0.3, -0.25) is 0 Å². The van der Waals surface area contributed by atoms with Gasteiger partial charge in [-0.1, -0.05) is 0 Å². The minimum Gasteiger partial charge on any atom is -0.493 e. The van der Waals surface area contributed by atoms with Crippen LogP contribution in [0.2, 0.25) is 0 Å². The average molecular weight is 368 g/mol. The molecule has 1 aromatic carbocycles. The maximum Gasteiger partial charge on any atom is 0.230 e. The van der Waals surface area contributed by atoms with E-state index in [4.69, 9.17) is 14.2 Å². The van der Waals surface area contributed by atoms with Crippen molar-refractivity contribution in [2.24, 2.45) is 0 Å². The van der Waals surface area contributed by atoms with Crippen molar-refractivity contribution >= 4 is 23.3 Å². The van der Waals surface area contributed by atoms with Gasteiger partial charge in [0.05, 0.1) is 21.3 Å². The minimum atomic E-state index is 0.411. The molecule has 0 fully saturated rings. The molecule has 0 atom stereocenters. The van der Waals surface area contributed by atoms with Crippen molar-refractivity contribution in [3.8, 4) is 17.2 Å². The summed E-state index contributed by atoms with van der Waals surface area (Å²) < 4.78 is 16.1. The van der Waals surface area contributed by atoms with Gasteiger partial charge in [0, 0.05) is 35.8 Å². The van der Waals surface area contributed by atoms with Gasteiger partial charge in [0.15, 0.2) is 11.5 Å². The molecule has 9 heteroatoms. The zero-order valence-electron chi connectivity index (χ0n) is 15.5. The number of nitrogens with zero attached hydrogens (tertiary/aromatic N) is 4. The number of hydrogen-bond donors (Lipinski definition) is 2. The molecule has 3 aromatic rings. The molecule has 27 heavy (non-hydrogen) atoms. The van der Waals surface area contributed by atoms with E-state index in [2.05, 4.69) is 30.6 Å². The first-order chi connectivity index (χ1) is 13.1. The molecule has 2 heterocycles. The molecule has 0 unspecified atom stereocenters. The Hall–Kier alpha value is -3.62. The maximum absolute atomic E-state index is 5.39. The molecule has 0 aliphatic carbocycles. The molecule has 0 saturated heterocycles. The van der Waals surface area contributed by atoms with Crippen LogP contribution in [0.1, 0.15) is 5.56 Å². The topological polar surface area (TPSA) is 103 Å². The van der Waals surface area contributed by atoms with Crippen LogP contribution in [-0.4, -0.2) is 41.3 Å². The monoisotopic (exact) mass is 368 g/mol. The summed E-state index contributed by atoms with van der Waals surface area (Å²) in [4.78, 5) is 16.8. The first-order valence-corrected chi connectivity index (χ1v) is 8.08. The van der Waals surface area contributed by atoms with Crippen LogP contribution in [0.5, 0.6) is 17.2 Å². The van der Waals surface area contributed by atoms with Crippen molar-refractivity contribution in [1.29, 1.82) is 0 Å².